The normalized spacial score (nSPS) is 10.3. The summed E-state index contributed by atoms with van der Waals surface area (Å²) >= 11 is 3.58. The Hall–Kier alpha value is -0.540. The van der Waals surface area contributed by atoms with Gasteiger partial charge in [0.05, 0.1) is 7.11 Å². The molecule has 2 N–H and O–H groups in total. The van der Waals surface area contributed by atoms with Crippen LogP contribution in [0.3, 0.4) is 0 Å². The molecular weight excluding hydrogens is 242 g/mol. The lowest BCUT2D eigenvalue weighted by Gasteiger charge is -2.12. The molecule has 0 fully saturated rings. The number of ether oxygens (including phenoxy) is 1. The van der Waals surface area contributed by atoms with Crippen LogP contribution in [0.15, 0.2) is 16.6 Å². The summed E-state index contributed by atoms with van der Waals surface area (Å²) in [6.45, 7) is 2.79. The second-order valence-electron chi connectivity index (χ2n) is 3.27. The van der Waals surface area contributed by atoms with Crippen molar-refractivity contribution in [2.75, 3.05) is 13.7 Å². The summed E-state index contributed by atoms with van der Waals surface area (Å²) in [6.07, 6.45) is 1.94. The van der Waals surface area contributed by atoms with E-state index in [4.69, 9.17) is 10.5 Å². The van der Waals surface area contributed by atoms with E-state index in [1.165, 1.54) is 11.1 Å². The highest BCUT2D eigenvalue weighted by Gasteiger charge is 2.08. The first kappa shape index (κ1) is 11.5. The Labute approximate surface area is 93.6 Å². The molecule has 0 spiro atoms. The molecular formula is C11H16BrNO. The number of nitrogens with two attached hydrogens (primary N) is 1. The van der Waals surface area contributed by atoms with Gasteiger partial charge in [0.2, 0.25) is 0 Å². The minimum Gasteiger partial charge on any atom is -0.496 e. The summed E-state index contributed by atoms with van der Waals surface area (Å²) in [5.74, 6) is 0.941. The lowest BCUT2D eigenvalue weighted by atomic mass is 10.1. The van der Waals surface area contributed by atoms with Crippen LogP contribution in [0.1, 0.15) is 17.5 Å². The van der Waals surface area contributed by atoms with Gasteiger partial charge in [-0.05, 0) is 37.9 Å². The average Bonchev–Trinajstić information content (AvgIpc) is 2.20. The van der Waals surface area contributed by atoms with Crippen LogP contribution < -0.4 is 10.5 Å². The van der Waals surface area contributed by atoms with Crippen LogP contribution in [-0.2, 0) is 6.42 Å². The van der Waals surface area contributed by atoms with Crippen LogP contribution in [0.25, 0.3) is 0 Å². The van der Waals surface area contributed by atoms with Crippen molar-refractivity contribution in [3.63, 3.8) is 0 Å². The molecule has 1 rings (SSSR count). The zero-order valence-electron chi connectivity index (χ0n) is 8.64. The fourth-order valence-corrected chi connectivity index (χ4v) is 1.95. The largest absolute Gasteiger partial charge is 0.496 e. The van der Waals surface area contributed by atoms with E-state index in [2.05, 4.69) is 28.9 Å². The minimum atomic E-state index is 0.712. The van der Waals surface area contributed by atoms with Crippen LogP contribution in [0.5, 0.6) is 5.75 Å². The first-order valence-corrected chi connectivity index (χ1v) is 5.52. The van der Waals surface area contributed by atoms with E-state index >= 15 is 0 Å². The molecule has 0 saturated heterocycles. The molecule has 0 aromatic heterocycles. The summed E-state index contributed by atoms with van der Waals surface area (Å²) in [5, 5.41) is 0. The maximum Gasteiger partial charge on any atom is 0.123 e. The van der Waals surface area contributed by atoms with Crippen molar-refractivity contribution in [3.8, 4) is 5.75 Å². The Kier molecular flexibility index (Phi) is 4.42. The number of hydrogen-bond donors (Lipinski definition) is 1. The molecule has 0 amide bonds. The predicted molar refractivity (Wildman–Crippen MR) is 62.8 cm³/mol. The molecule has 0 heterocycles. The molecule has 1 aromatic carbocycles. The molecule has 0 aliphatic rings. The quantitative estimate of drug-likeness (QED) is 0.901. The SMILES string of the molecule is COc1ccc(C)c(Br)c1CCCN. The van der Waals surface area contributed by atoms with Crippen molar-refractivity contribution in [3.05, 3.63) is 27.7 Å². The molecule has 0 saturated carbocycles. The highest BCUT2D eigenvalue weighted by atomic mass is 79.9. The highest BCUT2D eigenvalue weighted by molar-refractivity contribution is 9.10. The van der Waals surface area contributed by atoms with Crippen molar-refractivity contribution >= 4 is 15.9 Å². The number of benzene rings is 1. The summed E-state index contributed by atoms with van der Waals surface area (Å²) in [4.78, 5) is 0. The van der Waals surface area contributed by atoms with Crippen LogP contribution in [0.4, 0.5) is 0 Å². The Bertz CT molecular complexity index is 312. The Morgan fingerprint density at radius 2 is 2.14 bits per heavy atom. The molecule has 14 heavy (non-hydrogen) atoms. The van der Waals surface area contributed by atoms with Gasteiger partial charge in [-0.15, -0.1) is 0 Å². The number of aryl methyl sites for hydroxylation is 1. The summed E-state index contributed by atoms with van der Waals surface area (Å²) in [5.41, 5.74) is 7.95. The van der Waals surface area contributed by atoms with Gasteiger partial charge in [0.1, 0.15) is 5.75 Å². The van der Waals surface area contributed by atoms with Gasteiger partial charge in [0.25, 0.3) is 0 Å². The number of halogens is 1. The number of rotatable bonds is 4. The second kappa shape index (κ2) is 5.37. The lowest BCUT2D eigenvalue weighted by Crippen LogP contribution is -2.02. The zero-order chi connectivity index (χ0) is 10.6. The van der Waals surface area contributed by atoms with Crippen molar-refractivity contribution in [2.45, 2.75) is 19.8 Å². The summed E-state index contributed by atoms with van der Waals surface area (Å²) in [6, 6.07) is 4.06. The standard InChI is InChI=1S/C11H16BrNO/c1-8-5-6-10(14-2)9(11(8)12)4-3-7-13/h5-6H,3-4,7,13H2,1-2H3. The van der Waals surface area contributed by atoms with E-state index in [1.807, 2.05) is 6.07 Å². The molecule has 0 unspecified atom stereocenters. The third-order valence-electron chi connectivity index (χ3n) is 2.24. The first-order valence-electron chi connectivity index (χ1n) is 4.72. The van der Waals surface area contributed by atoms with E-state index in [0.29, 0.717) is 6.54 Å². The maximum absolute atomic E-state index is 5.50. The van der Waals surface area contributed by atoms with Gasteiger partial charge < -0.3 is 10.5 Å². The topological polar surface area (TPSA) is 35.2 Å². The Balaban J connectivity index is 3.01. The van der Waals surface area contributed by atoms with E-state index in [-0.39, 0.29) is 0 Å². The fourth-order valence-electron chi connectivity index (χ4n) is 1.42. The van der Waals surface area contributed by atoms with Crippen molar-refractivity contribution < 1.29 is 4.74 Å². The smallest absolute Gasteiger partial charge is 0.123 e. The summed E-state index contributed by atoms with van der Waals surface area (Å²) in [7, 11) is 1.70. The van der Waals surface area contributed by atoms with Gasteiger partial charge in [-0.25, -0.2) is 0 Å². The first-order chi connectivity index (χ1) is 6.70. The Morgan fingerprint density at radius 1 is 1.43 bits per heavy atom. The minimum absolute atomic E-state index is 0.712. The zero-order valence-corrected chi connectivity index (χ0v) is 10.2. The average molecular weight is 258 g/mol. The number of hydrogen-bond acceptors (Lipinski definition) is 2. The molecule has 0 bridgehead atoms. The molecule has 1 aromatic rings. The van der Waals surface area contributed by atoms with Gasteiger partial charge in [0, 0.05) is 10.0 Å². The third kappa shape index (κ3) is 2.49. The van der Waals surface area contributed by atoms with Gasteiger partial charge in [-0.1, -0.05) is 22.0 Å². The van der Waals surface area contributed by atoms with Gasteiger partial charge >= 0.3 is 0 Å². The predicted octanol–water partition coefficient (Wildman–Crippen LogP) is 2.66. The van der Waals surface area contributed by atoms with Crippen LogP contribution in [-0.4, -0.2) is 13.7 Å². The fraction of sp³-hybridized carbons (Fsp3) is 0.455. The molecule has 0 aliphatic heterocycles. The van der Waals surface area contributed by atoms with Gasteiger partial charge in [0.15, 0.2) is 0 Å². The van der Waals surface area contributed by atoms with Crippen molar-refractivity contribution in [1.29, 1.82) is 0 Å². The van der Waals surface area contributed by atoms with Crippen molar-refractivity contribution in [2.24, 2.45) is 5.73 Å². The second-order valence-corrected chi connectivity index (χ2v) is 4.06. The molecule has 78 valence electrons. The molecule has 0 aliphatic carbocycles. The molecule has 0 radical (unpaired) electrons. The van der Waals surface area contributed by atoms with Gasteiger partial charge in [-0.3, -0.25) is 0 Å². The van der Waals surface area contributed by atoms with E-state index < -0.39 is 0 Å². The van der Waals surface area contributed by atoms with Crippen molar-refractivity contribution in [1.82, 2.24) is 0 Å². The van der Waals surface area contributed by atoms with Crippen LogP contribution in [0, 0.1) is 6.92 Å². The van der Waals surface area contributed by atoms with Crippen LogP contribution in [0.2, 0.25) is 0 Å². The molecule has 2 nitrogen and oxygen atoms in total. The van der Waals surface area contributed by atoms with E-state index in [0.717, 1.165) is 23.1 Å². The van der Waals surface area contributed by atoms with E-state index in [9.17, 15) is 0 Å². The van der Waals surface area contributed by atoms with E-state index in [1.54, 1.807) is 7.11 Å². The highest BCUT2D eigenvalue weighted by Crippen LogP contribution is 2.30. The van der Waals surface area contributed by atoms with Crippen LogP contribution >= 0.6 is 15.9 Å². The maximum atomic E-state index is 5.50. The lowest BCUT2D eigenvalue weighted by molar-refractivity contribution is 0.408. The summed E-state index contributed by atoms with van der Waals surface area (Å²) < 4.78 is 6.45. The number of methoxy groups -OCH3 is 1. The Morgan fingerprint density at radius 3 is 2.71 bits per heavy atom. The molecule has 3 heteroatoms. The van der Waals surface area contributed by atoms with Gasteiger partial charge in [-0.2, -0.15) is 0 Å². The monoisotopic (exact) mass is 257 g/mol. The third-order valence-corrected chi connectivity index (χ3v) is 3.35. The molecule has 0 atom stereocenters.